The minimum atomic E-state index is -1.17. The van der Waals surface area contributed by atoms with Gasteiger partial charge in [0.2, 0.25) is 17.7 Å². The third-order valence-corrected chi connectivity index (χ3v) is 3.45. The van der Waals surface area contributed by atoms with E-state index in [-0.39, 0.29) is 24.5 Å². The van der Waals surface area contributed by atoms with E-state index < -0.39 is 41.8 Å². The van der Waals surface area contributed by atoms with Gasteiger partial charge in [-0.25, -0.2) is 4.79 Å². The van der Waals surface area contributed by atoms with Gasteiger partial charge in [0.1, 0.15) is 12.1 Å². The number of carboxylic acid groups (broad SMARTS) is 1. The van der Waals surface area contributed by atoms with Crippen molar-refractivity contribution in [2.75, 3.05) is 5.75 Å². The van der Waals surface area contributed by atoms with Crippen LogP contribution in [0.3, 0.4) is 0 Å². The highest BCUT2D eigenvalue weighted by Gasteiger charge is 2.28. The standard InChI is InChI=1S/C13H24N4O5S/c1-6(2)10(13(21)22)17-12(20)8(5-23)16-11(19)7(14)3-4-9(15)18/h6-8,10,23H,3-5,14H2,1-2H3,(H2,15,18)(H,16,19)(H,17,20)(H,21,22)/t7-,8-,10-/m0/s1. The predicted octanol–water partition coefficient (Wildman–Crippen LogP) is -1.78. The number of thiol groups is 1. The second-order valence-corrected chi connectivity index (χ2v) is 5.79. The lowest BCUT2D eigenvalue weighted by atomic mass is 10.0. The van der Waals surface area contributed by atoms with Crippen molar-refractivity contribution in [1.29, 1.82) is 0 Å². The van der Waals surface area contributed by atoms with Crippen LogP contribution in [-0.4, -0.2) is 52.7 Å². The summed E-state index contributed by atoms with van der Waals surface area (Å²) in [6.07, 6.45) is -0.00736. The fourth-order valence-corrected chi connectivity index (χ4v) is 1.93. The molecule has 0 aromatic carbocycles. The summed E-state index contributed by atoms with van der Waals surface area (Å²) in [5.74, 6) is -3.43. The average Bonchev–Trinajstić information content (AvgIpc) is 2.46. The lowest BCUT2D eigenvalue weighted by Gasteiger charge is -2.23. The lowest BCUT2D eigenvalue weighted by molar-refractivity contribution is -0.143. The van der Waals surface area contributed by atoms with Gasteiger partial charge in [-0.1, -0.05) is 13.8 Å². The Morgan fingerprint density at radius 2 is 1.70 bits per heavy atom. The molecule has 0 unspecified atom stereocenters. The molecule has 0 heterocycles. The van der Waals surface area contributed by atoms with Crippen LogP contribution in [0.25, 0.3) is 0 Å². The van der Waals surface area contributed by atoms with Crippen LogP contribution in [0.2, 0.25) is 0 Å². The van der Waals surface area contributed by atoms with Gasteiger partial charge in [0.05, 0.1) is 6.04 Å². The normalized spacial score (nSPS) is 14.7. The second kappa shape index (κ2) is 10.1. The number of carbonyl (C=O) groups is 4. The molecule has 0 saturated heterocycles. The Morgan fingerprint density at radius 3 is 2.09 bits per heavy atom. The summed E-state index contributed by atoms with van der Waals surface area (Å²) < 4.78 is 0. The van der Waals surface area contributed by atoms with Crippen molar-refractivity contribution in [3.8, 4) is 0 Å². The number of nitrogens with two attached hydrogens (primary N) is 2. The number of carboxylic acids is 1. The SMILES string of the molecule is CC(C)[C@H](NC(=O)[C@H](CS)NC(=O)[C@@H](N)CCC(N)=O)C(=O)O. The van der Waals surface area contributed by atoms with Gasteiger partial charge >= 0.3 is 5.97 Å². The number of rotatable bonds is 10. The molecule has 0 aliphatic rings. The number of carbonyl (C=O) groups excluding carboxylic acids is 3. The molecule has 3 amide bonds. The number of hydrogen-bond acceptors (Lipinski definition) is 6. The molecule has 0 aliphatic heterocycles. The molecule has 0 bridgehead atoms. The monoisotopic (exact) mass is 348 g/mol. The van der Waals surface area contributed by atoms with E-state index in [0.717, 1.165) is 0 Å². The Bertz CT molecular complexity index is 458. The van der Waals surface area contributed by atoms with Crippen LogP contribution in [0.15, 0.2) is 0 Å². The molecule has 0 spiro atoms. The van der Waals surface area contributed by atoms with Crippen molar-refractivity contribution >= 4 is 36.3 Å². The maximum atomic E-state index is 12.1. The molecule has 0 fully saturated rings. The van der Waals surface area contributed by atoms with Gasteiger partial charge in [-0.15, -0.1) is 0 Å². The maximum Gasteiger partial charge on any atom is 0.326 e. The topological polar surface area (TPSA) is 165 Å². The third kappa shape index (κ3) is 7.84. The van der Waals surface area contributed by atoms with Crippen molar-refractivity contribution in [3.05, 3.63) is 0 Å². The molecule has 3 atom stereocenters. The van der Waals surface area contributed by atoms with Crippen LogP contribution in [0.5, 0.6) is 0 Å². The van der Waals surface area contributed by atoms with Crippen molar-refractivity contribution in [2.45, 2.75) is 44.8 Å². The largest absolute Gasteiger partial charge is 0.480 e. The van der Waals surface area contributed by atoms with Gasteiger partial charge in [0.25, 0.3) is 0 Å². The van der Waals surface area contributed by atoms with Crippen molar-refractivity contribution in [3.63, 3.8) is 0 Å². The second-order valence-electron chi connectivity index (χ2n) is 5.42. The highest BCUT2D eigenvalue weighted by molar-refractivity contribution is 7.80. The summed E-state index contributed by atoms with van der Waals surface area (Å²) in [6.45, 7) is 3.29. The zero-order valence-corrected chi connectivity index (χ0v) is 14.0. The molecule has 0 aromatic heterocycles. The van der Waals surface area contributed by atoms with E-state index in [9.17, 15) is 19.2 Å². The first-order valence-corrected chi connectivity index (χ1v) is 7.71. The van der Waals surface area contributed by atoms with Crippen LogP contribution in [-0.2, 0) is 19.2 Å². The molecule has 7 N–H and O–H groups in total. The van der Waals surface area contributed by atoms with E-state index in [0.29, 0.717) is 0 Å². The van der Waals surface area contributed by atoms with Crippen molar-refractivity contribution in [1.82, 2.24) is 10.6 Å². The van der Waals surface area contributed by atoms with E-state index >= 15 is 0 Å². The Kier molecular flexibility index (Phi) is 9.27. The van der Waals surface area contributed by atoms with E-state index in [4.69, 9.17) is 16.6 Å². The number of aliphatic carboxylic acids is 1. The summed E-state index contributed by atoms with van der Waals surface area (Å²) in [4.78, 5) is 45.7. The number of primary amides is 1. The van der Waals surface area contributed by atoms with Gasteiger partial charge in [0, 0.05) is 12.2 Å². The smallest absolute Gasteiger partial charge is 0.326 e. The van der Waals surface area contributed by atoms with E-state index in [2.05, 4.69) is 23.3 Å². The highest BCUT2D eigenvalue weighted by Crippen LogP contribution is 2.03. The summed E-state index contributed by atoms with van der Waals surface area (Å²) in [6, 6.07) is -3.12. The molecule has 9 nitrogen and oxygen atoms in total. The predicted molar refractivity (Wildman–Crippen MR) is 86.6 cm³/mol. The van der Waals surface area contributed by atoms with Gasteiger partial charge in [-0.3, -0.25) is 14.4 Å². The van der Waals surface area contributed by atoms with Crippen LogP contribution in [0.1, 0.15) is 26.7 Å². The Labute approximate surface area is 139 Å². The number of hydrogen-bond donors (Lipinski definition) is 6. The molecule has 132 valence electrons. The van der Waals surface area contributed by atoms with Crippen LogP contribution >= 0.6 is 12.6 Å². The van der Waals surface area contributed by atoms with Gasteiger partial charge < -0.3 is 27.2 Å². The Hall–Kier alpha value is -1.81. The molecule has 10 heteroatoms. The Morgan fingerprint density at radius 1 is 1.13 bits per heavy atom. The lowest BCUT2D eigenvalue weighted by Crippen LogP contribution is -2.56. The number of amides is 3. The molecular formula is C13H24N4O5S. The average molecular weight is 348 g/mol. The molecule has 0 aromatic rings. The Balaban J connectivity index is 4.69. The summed E-state index contributed by atoms with van der Waals surface area (Å²) >= 11 is 3.97. The fourth-order valence-electron chi connectivity index (χ4n) is 1.67. The molecular weight excluding hydrogens is 324 g/mol. The van der Waals surface area contributed by atoms with Gasteiger partial charge in [-0.2, -0.15) is 12.6 Å². The van der Waals surface area contributed by atoms with Crippen LogP contribution in [0, 0.1) is 5.92 Å². The van der Waals surface area contributed by atoms with Gasteiger partial charge in [0.15, 0.2) is 0 Å². The van der Waals surface area contributed by atoms with Crippen molar-refractivity contribution in [2.24, 2.45) is 17.4 Å². The quantitative estimate of drug-likeness (QED) is 0.255. The first-order valence-electron chi connectivity index (χ1n) is 7.08. The molecule has 23 heavy (non-hydrogen) atoms. The first-order chi connectivity index (χ1) is 10.6. The van der Waals surface area contributed by atoms with E-state index in [1.54, 1.807) is 13.8 Å². The molecule has 0 rings (SSSR count). The summed E-state index contributed by atoms with van der Waals surface area (Å²) in [5.41, 5.74) is 10.6. The molecule has 0 radical (unpaired) electrons. The zero-order chi connectivity index (χ0) is 18.2. The van der Waals surface area contributed by atoms with Crippen LogP contribution in [0.4, 0.5) is 0 Å². The molecule has 0 aliphatic carbocycles. The minimum absolute atomic E-state index is 0.0372. The van der Waals surface area contributed by atoms with Crippen molar-refractivity contribution < 1.29 is 24.3 Å². The third-order valence-electron chi connectivity index (χ3n) is 3.08. The van der Waals surface area contributed by atoms with E-state index in [1.165, 1.54) is 0 Å². The van der Waals surface area contributed by atoms with Gasteiger partial charge in [-0.05, 0) is 12.3 Å². The highest BCUT2D eigenvalue weighted by atomic mass is 32.1. The molecule has 0 saturated carbocycles. The summed E-state index contributed by atoms with van der Waals surface area (Å²) in [5, 5.41) is 13.8. The maximum absolute atomic E-state index is 12.1. The fraction of sp³-hybridized carbons (Fsp3) is 0.692. The number of nitrogens with one attached hydrogen (secondary N) is 2. The van der Waals surface area contributed by atoms with Crippen LogP contribution < -0.4 is 22.1 Å². The summed E-state index contributed by atoms with van der Waals surface area (Å²) in [7, 11) is 0. The van der Waals surface area contributed by atoms with E-state index in [1.807, 2.05) is 0 Å². The minimum Gasteiger partial charge on any atom is -0.480 e. The first kappa shape index (κ1) is 21.2. The zero-order valence-electron chi connectivity index (χ0n) is 13.1.